The van der Waals surface area contributed by atoms with Crippen molar-refractivity contribution in [2.75, 3.05) is 55.6 Å². The average molecular weight is 903 g/mol. The lowest BCUT2D eigenvalue weighted by Crippen LogP contribution is -2.55. The molecule has 0 amide bonds. The zero-order valence-corrected chi connectivity index (χ0v) is 38.5. The molecular formula is C53H55FN8O3S. The zero-order valence-electron chi connectivity index (χ0n) is 37.7. The van der Waals surface area contributed by atoms with Gasteiger partial charge in [-0.15, -0.1) is 21.5 Å². The van der Waals surface area contributed by atoms with Gasteiger partial charge >= 0.3 is 0 Å². The van der Waals surface area contributed by atoms with Crippen molar-refractivity contribution in [1.82, 2.24) is 24.6 Å². The van der Waals surface area contributed by atoms with Gasteiger partial charge < -0.3 is 24.4 Å². The molecule has 338 valence electrons. The molecule has 3 aromatic heterocycles. The smallest absolute Gasteiger partial charge is 0.196 e. The Bertz CT molecular complexity index is 2880. The van der Waals surface area contributed by atoms with Gasteiger partial charge in [-0.05, 0) is 129 Å². The summed E-state index contributed by atoms with van der Waals surface area (Å²) in [5.41, 5.74) is 10.7. The van der Waals surface area contributed by atoms with Crippen LogP contribution in [0.15, 0.2) is 113 Å². The van der Waals surface area contributed by atoms with Crippen LogP contribution in [0, 0.1) is 26.6 Å². The van der Waals surface area contributed by atoms with E-state index >= 15 is 0 Å². The van der Waals surface area contributed by atoms with Gasteiger partial charge in [-0.25, -0.2) is 9.37 Å². The number of aryl methyl sites for hydroxylation is 3. The topological polar surface area (TPSA) is 119 Å². The SMILES string of the molecule is Cc1sc2c(c1C)C(c1ccc(N3CCC(O)(CN4CCN(c5ccc([C@H]6c7ccc(O)cc7CC[C@H]6c6ccc(F)cc6)cc5)CC4)CC3)cc1)=N[C@H](Cc1ncco1)c1nnc(C)n1-2. The summed E-state index contributed by atoms with van der Waals surface area (Å²) in [6, 6.07) is 30.2. The number of hydrogen-bond donors (Lipinski definition) is 2. The van der Waals surface area contributed by atoms with Crippen molar-refractivity contribution >= 4 is 28.4 Å². The number of phenols is 1. The van der Waals surface area contributed by atoms with Crippen LogP contribution in [0.1, 0.15) is 98.5 Å². The summed E-state index contributed by atoms with van der Waals surface area (Å²) >= 11 is 1.75. The number of aliphatic imine (C=N–C) groups is 1. The average Bonchev–Trinajstić information content (AvgIpc) is 4.04. The van der Waals surface area contributed by atoms with E-state index in [0.717, 1.165) is 96.8 Å². The maximum absolute atomic E-state index is 13.9. The quantitative estimate of drug-likeness (QED) is 0.146. The first-order chi connectivity index (χ1) is 32.1. The third kappa shape index (κ3) is 8.00. The predicted octanol–water partition coefficient (Wildman–Crippen LogP) is 9.24. The number of piperazine rings is 1. The summed E-state index contributed by atoms with van der Waals surface area (Å²) in [6.07, 6.45) is 6.98. The Balaban J connectivity index is 0.729. The molecule has 7 aromatic rings. The van der Waals surface area contributed by atoms with E-state index in [-0.39, 0.29) is 23.7 Å². The molecule has 13 heteroatoms. The van der Waals surface area contributed by atoms with Gasteiger partial charge in [0.15, 0.2) is 11.7 Å². The van der Waals surface area contributed by atoms with Crippen LogP contribution in [0.25, 0.3) is 5.00 Å². The number of rotatable bonds is 9. The molecule has 4 aromatic carbocycles. The Hall–Kier alpha value is -6.15. The molecule has 0 bridgehead atoms. The number of nitrogens with zero attached hydrogens (tertiary/aromatic N) is 8. The van der Waals surface area contributed by atoms with Crippen molar-refractivity contribution in [3.63, 3.8) is 0 Å². The molecule has 3 aliphatic heterocycles. The molecule has 11 nitrogen and oxygen atoms in total. The van der Waals surface area contributed by atoms with Crippen LogP contribution in [-0.4, -0.2) is 92.0 Å². The Labute approximate surface area is 388 Å². The lowest BCUT2D eigenvalue weighted by atomic mass is 9.69. The molecule has 1 aliphatic carbocycles. The lowest BCUT2D eigenvalue weighted by Gasteiger charge is -2.44. The number of aromatic nitrogens is 4. The van der Waals surface area contributed by atoms with Crippen LogP contribution in [-0.2, 0) is 12.8 Å². The molecule has 4 aliphatic rings. The molecule has 11 rings (SSSR count). The first-order valence-corrected chi connectivity index (χ1v) is 24.1. The first-order valence-electron chi connectivity index (χ1n) is 23.3. The summed E-state index contributed by atoms with van der Waals surface area (Å²) in [6.45, 7) is 12.2. The van der Waals surface area contributed by atoms with Crippen molar-refractivity contribution in [1.29, 1.82) is 0 Å². The van der Waals surface area contributed by atoms with Gasteiger partial charge in [-0.1, -0.05) is 42.5 Å². The number of aromatic hydroxyl groups is 1. The Morgan fingerprint density at radius 1 is 0.818 bits per heavy atom. The number of aliphatic hydroxyl groups is 1. The molecule has 0 spiro atoms. The summed E-state index contributed by atoms with van der Waals surface area (Å²) < 4.78 is 21.8. The van der Waals surface area contributed by atoms with Crippen LogP contribution < -0.4 is 9.80 Å². The minimum Gasteiger partial charge on any atom is -0.508 e. The number of fused-ring (bicyclic) bond motifs is 4. The van der Waals surface area contributed by atoms with Crippen LogP contribution >= 0.6 is 11.3 Å². The number of anilines is 2. The van der Waals surface area contributed by atoms with Crippen molar-refractivity contribution in [2.45, 2.75) is 76.4 Å². The third-order valence-corrected chi connectivity index (χ3v) is 15.9. The standard InChI is InChI=1S/C53H55FN8O3S/c1-33-34(2)66-52-48(33)50(56-46(31-47-55-22-29-65-47)51-58-57-35(3)62(51)52)38-8-15-41(16-9-38)60-23-20-53(64,21-24-60)32-59-25-27-61(28-26-59)42-13-6-37(7-14-42)49-44(36-4-11-40(54)12-5-36)18-10-39-30-43(63)17-19-45(39)49/h4-9,11-17,19,22,29-30,44,46,49,63-64H,10,18,20-21,23-28,31-32H2,1-3H3/t44-,46+,49+/m0/s1. The monoisotopic (exact) mass is 902 g/mol. The number of β-amino-alcohol motifs (C(OH)–C–C–N with tert-alkyl or cyclic N) is 1. The number of thiophene rings is 1. The van der Waals surface area contributed by atoms with E-state index < -0.39 is 5.60 Å². The second-order valence-electron chi connectivity index (χ2n) is 18.7. The second kappa shape index (κ2) is 17.3. The molecule has 6 heterocycles. The largest absolute Gasteiger partial charge is 0.508 e. The van der Waals surface area contributed by atoms with E-state index in [9.17, 15) is 14.6 Å². The highest BCUT2D eigenvalue weighted by Crippen LogP contribution is 2.47. The van der Waals surface area contributed by atoms with Crippen LogP contribution in [0.2, 0.25) is 0 Å². The predicted molar refractivity (Wildman–Crippen MR) is 257 cm³/mol. The van der Waals surface area contributed by atoms with Gasteiger partial charge in [0.25, 0.3) is 0 Å². The highest BCUT2D eigenvalue weighted by Gasteiger charge is 2.37. The molecule has 66 heavy (non-hydrogen) atoms. The normalized spacial score (nSPS) is 20.6. The van der Waals surface area contributed by atoms with Crippen LogP contribution in [0.5, 0.6) is 5.75 Å². The number of piperidine rings is 1. The van der Waals surface area contributed by atoms with Gasteiger partial charge in [-0.3, -0.25) is 14.5 Å². The number of benzene rings is 4. The molecule has 0 radical (unpaired) electrons. The number of hydrogen-bond acceptors (Lipinski definition) is 11. The van der Waals surface area contributed by atoms with E-state index in [1.54, 1.807) is 42.0 Å². The Morgan fingerprint density at radius 2 is 1.52 bits per heavy atom. The van der Waals surface area contributed by atoms with E-state index in [1.807, 2.05) is 25.1 Å². The van der Waals surface area contributed by atoms with Crippen molar-refractivity contribution < 1.29 is 19.0 Å². The number of halogens is 1. The van der Waals surface area contributed by atoms with Crippen molar-refractivity contribution in [3.05, 3.63) is 171 Å². The minimum absolute atomic E-state index is 0.113. The summed E-state index contributed by atoms with van der Waals surface area (Å²) in [7, 11) is 0. The molecule has 0 unspecified atom stereocenters. The van der Waals surface area contributed by atoms with Crippen LogP contribution in [0.4, 0.5) is 15.8 Å². The second-order valence-corrected chi connectivity index (χ2v) is 19.9. The fraction of sp³-hybridized carbons (Fsp3) is 0.358. The Morgan fingerprint density at radius 3 is 2.23 bits per heavy atom. The fourth-order valence-electron chi connectivity index (χ4n) is 11.0. The van der Waals surface area contributed by atoms with E-state index in [0.29, 0.717) is 37.4 Å². The Kier molecular flexibility index (Phi) is 11.1. The van der Waals surface area contributed by atoms with E-state index in [1.165, 1.54) is 32.8 Å². The number of phenolic OH excluding ortho intramolecular Hbond substituents is 1. The molecule has 0 saturated carbocycles. The zero-order chi connectivity index (χ0) is 45.1. The maximum atomic E-state index is 13.9. The van der Waals surface area contributed by atoms with Gasteiger partial charge in [-0.2, -0.15) is 0 Å². The maximum Gasteiger partial charge on any atom is 0.196 e. The van der Waals surface area contributed by atoms with E-state index in [4.69, 9.17) is 9.41 Å². The number of oxazole rings is 1. The van der Waals surface area contributed by atoms with Crippen molar-refractivity contribution in [3.8, 4) is 10.8 Å². The highest BCUT2D eigenvalue weighted by atomic mass is 32.1. The van der Waals surface area contributed by atoms with Gasteiger partial charge in [0, 0.05) is 79.1 Å². The first kappa shape index (κ1) is 42.5. The molecular weight excluding hydrogens is 848 g/mol. The highest BCUT2D eigenvalue weighted by molar-refractivity contribution is 7.15. The van der Waals surface area contributed by atoms with Crippen LogP contribution in [0.3, 0.4) is 0 Å². The molecule has 2 N–H and O–H groups in total. The summed E-state index contributed by atoms with van der Waals surface area (Å²) in [5.74, 6) is 2.64. The van der Waals surface area contributed by atoms with Gasteiger partial charge in [0.05, 0.1) is 23.9 Å². The third-order valence-electron chi connectivity index (χ3n) is 14.7. The van der Waals surface area contributed by atoms with Crippen molar-refractivity contribution in [2.24, 2.45) is 4.99 Å². The van der Waals surface area contributed by atoms with Gasteiger partial charge in [0.1, 0.15) is 34.7 Å². The molecule has 3 atom stereocenters. The summed E-state index contributed by atoms with van der Waals surface area (Å²) in [4.78, 5) is 18.3. The summed E-state index contributed by atoms with van der Waals surface area (Å²) in [5, 5.41) is 32.4. The van der Waals surface area contributed by atoms with E-state index in [2.05, 4.69) is 103 Å². The molecule has 2 fully saturated rings. The fourth-order valence-corrected chi connectivity index (χ4v) is 12.2. The molecule has 2 saturated heterocycles. The van der Waals surface area contributed by atoms with Gasteiger partial charge in [0.2, 0.25) is 0 Å². The lowest BCUT2D eigenvalue weighted by molar-refractivity contribution is -0.0173. The minimum atomic E-state index is -0.733.